The molecule has 1 fully saturated rings. The van der Waals surface area contributed by atoms with Gasteiger partial charge in [-0.15, -0.1) is 11.8 Å². The van der Waals surface area contributed by atoms with E-state index in [-0.39, 0.29) is 11.3 Å². The van der Waals surface area contributed by atoms with Gasteiger partial charge in [-0.1, -0.05) is 6.07 Å². The van der Waals surface area contributed by atoms with Crippen LogP contribution in [-0.4, -0.2) is 24.9 Å². The van der Waals surface area contributed by atoms with Crippen molar-refractivity contribution >= 4 is 17.7 Å². The fourth-order valence-electron chi connectivity index (χ4n) is 1.64. The fraction of sp³-hybridized carbons (Fsp3) is 0.364. The van der Waals surface area contributed by atoms with Crippen LogP contribution in [-0.2, 0) is 9.53 Å². The summed E-state index contributed by atoms with van der Waals surface area (Å²) in [6.07, 6.45) is 0. The van der Waals surface area contributed by atoms with E-state index in [4.69, 9.17) is 0 Å². The van der Waals surface area contributed by atoms with Crippen molar-refractivity contribution in [1.82, 2.24) is 5.32 Å². The molecule has 2 atom stereocenters. The zero-order chi connectivity index (χ0) is 12.4. The van der Waals surface area contributed by atoms with Gasteiger partial charge < -0.3 is 4.74 Å². The van der Waals surface area contributed by atoms with Gasteiger partial charge in [0.15, 0.2) is 0 Å². The van der Waals surface area contributed by atoms with Gasteiger partial charge in [-0.2, -0.15) is 0 Å². The van der Waals surface area contributed by atoms with Crippen molar-refractivity contribution in [2.24, 2.45) is 0 Å². The number of nitrogens with one attached hydrogen (secondary N) is 1. The molecular formula is C11H11F2NO2S. The molecule has 92 valence electrons. The molecule has 3 nitrogen and oxygen atoms in total. The molecule has 0 aliphatic carbocycles. The van der Waals surface area contributed by atoms with E-state index in [2.05, 4.69) is 10.1 Å². The number of carbonyl (C=O) groups excluding carboxylic acids is 1. The van der Waals surface area contributed by atoms with Crippen LogP contribution in [0.15, 0.2) is 18.2 Å². The molecule has 0 bridgehead atoms. The summed E-state index contributed by atoms with van der Waals surface area (Å²) >= 11 is 1.39. The number of hydrogen-bond acceptors (Lipinski definition) is 4. The van der Waals surface area contributed by atoms with Crippen LogP contribution in [0.2, 0.25) is 0 Å². The van der Waals surface area contributed by atoms with Gasteiger partial charge in [0.2, 0.25) is 0 Å². The number of benzene rings is 1. The van der Waals surface area contributed by atoms with Crippen LogP contribution in [0.1, 0.15) is 10.9 Å². The summed E-state index contributed by atoms with van der Waals surface area (Å²) in [5.74, 6) is -1.09. The van der Waals surface area contributed by atoms with E-state index in [9.17, 15) is 13.6 Å². The molecule has 17 heavy (non-hydrogen) atoms. The summed E-state index contributed by atoms with van der Waals surface area (Å²) in [6.45, 7) is 0. The second-order valence-corrected chi connectivity index (χ2v) is 4.76. The van der Waals surface area contributed by atoms with Crippen molar-refractivity contribution in [3.05, 3.63) is 35.4 Å². The van der Waals surface area contributed by atoms with Crippen LogP contribution in [0.3, 0.4) is 0 Å². The van der Waals surface area contributed by atoms with E-state index in [1.807, 2.05) is 0 Å². The zero-order valence-electron chi connectivity index (χ0n) is 9.07. The monoisotopic (exact) mass is 259 g/mol. The largest absolute Gasteiger partial charge is 0.468 e. The molecule has 0 aromatic heterocycles. The zero-order valence-corrected chi connectivity index (χ0v) is 9.89. The minimum atomic E-state index is -0.612. The number of carbonyl (C=O) groups is 1. The highest BCUT2D eigenvalue weighted by Crippen LogP contribution is 2.34. The minimum Gasteiger partial charge on any atom is -0.468 e. The predicted octanol–water partition coefficient (Wildman–Crippen LogP) is 1.84. The number of rotatable bonds is 2. The maximum Gasteiger partial charge on any atom is 0.323 e. The van der Waals surface area contributed by atoms with Gasteiger partial charge in [0.05, 0.1) is 12.5 Å². The first-order valence-electron chi connectivity index (χ1n) is 5.02. The molecule has 1 aromatic rings. The third kappa shape index (κ3) is 2.58. The van der Waals surface area contributed by atoms with Crippen molar-refractivity contribution in [2.75, 3.05) is 12.9 Å². The third-order valence-corrected chi connectivity index (χ3v) is 3.76. The van der Waals surface area contributed by atoms with E-state index < -0.39 is 17.7 Å². The highest BCUT2D eigenvalue weighted by Gasteiger charge is 2.32. The van der Waals surface area contributed by atoms with Gasteiger partial charge in [0, 0.05) is 17.4 Å². The molecule has 1 aromatic carbocycles. The summed E-state index contributed by atoms with van der Waals surface area (Å²) in [5, 5.41) is 2.60. The molecule has 0 saturated carbocycles. The Kier molecular flexibility index (Phi) is 3.63. The summed E-state index contributed by atoms with van der Waals surface area (Å²) < 4.78 is 30.9. The maximum atomic E-state index is 13.5. The molecule has 0 radical (unpaired) electrons. The van der Waals surface area contributed by atoms with Crippen molar-refractivity contribution in [3.63, 3.8) is 0 Å². The van der Waals surface area contributed by atoms with Gasteiger partial charge in [-0.05, 0) is 6.07 Å². The highest BCUT2D eigenvalue weighted by molar-refractivity contribution is 7.99. The van der Waals surface area contributed by atoms with Gasteiger partial charge >= 0.3 is 5.97 Å². The lowest BCUT2D eigenvalue weighted by molar-refractivity contribution is -0.142. The smallest absolute Gasteiger partial charge is 0.323 e. The van der Waals surface area contributed by atoms with Gasteiger partial charge in [0.1, 0.15) is 17.7 Å². The summed E-state index contributed by atoms with van der Waals surface area (Å²) in [4.78, 5) is 11.3. The Balaban J connectivity index is 2.12. The Labute approximate surface area is 102 Å². The Morgan fingerprint density at radius 1 is 1.53 bits per heavy atom. The van der Waals surface area contributed by atoms with Crippen LogP contribution < -0.4 is 5.32 Å². The molecule has 1 aliphatic rings. The lowest BCUT2D eigenvalue weighted by Crippen LogP contribution is -2.35. The minimum absolute atomic E-state index is 0.348. The Hall–Kier alpha value is -1.14. The molecule has 6 heteroatoms. The van der Waals surface area contributed by atoms with E-state index in [1.54, 1.807) is 0 Å². The molecule has 1 aliphatic heterocycles. The first-order chi connectivity index (χ1) is 8.11. The molecule has 0 amide bonds. The van der Waals surface area contributed by atoms with Crippen LogP contribution in [0.4, 0.5) is 8.78 Å². The second-order valence-electron chi connectivity index (χ2n) is 3.62. The standard InChI is InChI=1S/C11H11F2NO2S/c1-16-11(15)9-5-17-10(14-9)7-3-2-6(12)4-8(7)13/h2-4,9-10,14H,5H2,1H3. The molecule has 0 spiro atoms. The van der Waals surface area contributed by atoms with Crippen LogP contribution in [0.25, 0.3) is 0 Å². The molecule has 2 rings (SSSR count). The van der Waals surface area contributed by atoms with Crippen LogP contribution in [0, 0.1) is 11.6 Å². The number of methoxy groups -OCH3 is 1. The van der Waals surface area contributed by atoms with Crippen molar-refractivity contribution < 1.29 is 18.3 Å². The molecule has 1 N–H and O–H groups in total. The van der Waals surface area contributed by atoms with E-state index in [0.717, 1.165) is 6.07 Å². The molecule has 2 unspecified atom stereocenters. The van der Waals surface area contributed by atoms with E-state index in [1.165, 1.54) is 31.0 Å². The second kappa shape index (κ2) is 5.01. The lowest BCUT2D eigenvalue weighted by Gasteiger charge is -2.12. The first-order valence-corrected chi connectivity index (χ1v) is 6.07. The quantitative estimate of drug-likeness (QED) is 0.822. The fourth-order valence-corrected chi connectivity index (χ4v) is 2.89. The van der Waals surface area contributed by atoms with Crippen LogP contribution >= 0.6 is 11.8 Å². The molecule has 1 heterocycles. The summed E-state index contributed by atoms with van der Waals surface area (Å²) in [5.41, 5.74) is 0.350. The number of halogens is 2. The SMILES string of the molecule is COC(=O)C1CSC(c2ccc(F)cc2F)N1. The highest BCUT2D eigenvalue weighted by atomic mass is 32.2. The number of esters is 1. The number of ether oxygens (including phenoxy) is 1. The van der Waals surface area contributed by atoms with E-state index >= 15 is 0 Å². The van der Waals surface area contributed by atoms with Gasteiger partial charge in [-0.3, -0.25) is 10.1 Å². The summed E-state index contributed by atoms with van der Waals surface area (Å²) in [7, 11) is 1.31. The maximum absolute atomic E-state index is 13.5. The number of thioether (sulfide) groups is 1. The topological polar surface area (TPSA) is 38.3 Å². The summed E-state index contributed by atoms with van der Waals surface area (Å²) in [6, 6.07) is 2.98. The van der Waals surface area contributed by atoms with E-state index in [0.29, 0.717) is 11.3 Å². The average Bonchev–Trinajstić information content (AvgIpc) is 2.77. The van der Waals surface area contributed by atoms with Gasteiger partial charge in [0.25, 0.3) is 0 Å². The van der Waals surface area contributed by atoms with Crippen molar-refractivity contribution in [2.45, 2.75) is 11.4 Å². The molecular weight excluding hydrogens is 248 g/mol. The van der Waals surface area contributed by atoms with Crippen molar-refractivity contribution in [1.29, 1.82) is 0 Å². The Morgan fingerprint density at radius 3 is 2.94 bits per heavy atom. The molecule has 1 saturated heterocycles. The van der Waals surface area contributed by atoms with Crippen LogP contribution in [0.5, 0.6) is 0 Å². The van der Waals surface area contributed by atoms with Crippen molar-refractivity contribution in [3.8, 4) is 0 Å². The Bertz CT molecular complexity index is 441. The first kappa shape index (κ1) is 12.3. The van der Waals surface area contributed by atoms with Gasteiger partial charge in [-0.25, -0.2) is 8.78 Å². The average molecular weight is 259 g/mol. The lowest BCUT2D eigenvalue weighted by atomic mass is 10.2. The predicted molar refractivity (Wildman–Crippen MR) is 60.5 cm³/mol. The third-order valence-electron chi connectivity index (χ3n) is 2.51. The normalized spacial score (nSPS) is 23.7. The Morgan fingerprint density at radius 2 is 2.29 bits per heavy atom. The number of hydrogen-bond donors (Lipinski definition) is 1.